The lowest BCUT2D eigenvalue weighted by Gasteiger charge is -2.39. The van der Waals surface area contributed by atoms with Crippen molar-refractivity contribution in [2.24, 2.45) is 0 Å². The summed E-state index contributed by atoms with van der Waals surface area (Å²) in [7, 11) is 0. The van der Waals surface area contributed by atoms with Crippen molar-refractivity contribution in [3.8, 4) is 50.6 Å². The normalized spacial score (nSPS) is 14.2. The van der Waals surface area contributed by atoms with Gasteiger partial charge in [-0.25, -0.2) is 0 Å². The van der Waals surface area contributed by atoms with E-state index in [0.29, 0.717) is 0 Å². The fourth-order valence-electron chi connectivity index (χ4n) is 12.2. The summed E-state index contributed by atoms with van der Waals surface area (Å²) in [5.74, 6) is 1.78. The van der Waals surface area contributed by atoms with E-state index in [-0.39, 0.29) is 5.41 Å². The Balaban J connectivity index is 0.990. The topological polar surface area (TPSA) is 17.4 Å². The quantitative estimate of drug-likeness (QED) is 0.172. The molecule has 3 heteroatoms. The van der Waals surface area contributed by atoms with E-state index in [9.17, 15) is 0 Å². The van der Waals surface area contributed by atoms with Gasteiger partial charge in [-0.2, -0.15) is 0 Å². The second-order valence-corrected chi connectivity index (χ2v) is 18.8. The monoisotopic (exact) mass is 856 g/mol. The largest absolute Gasteiger partial charge is 0.454 e. The van der Waals surface area contributed by atoms with Gasteiger partial charge >= 0.3 is 0 Å². The van der Waals surface area contributed by atoms with Gasteiger partial charge in [-0.15, -0.1) is 0 Å². The molecule has 14 rings (SSSR count). The van der Waals surface area contributed by atoms with Crippen LogP contribution in [-0.4, -0.2) is 4.57 Å². The van der Waals surface area contributed by atoms with Gasteiger partial charge in [0.15, 0.2) is 5.75 Å². The second kappa shape index (κ2) is 14.1. The minimum absolute atomic E-state index is 0.143. The Morgan fingerprint density at radius 1 is 0.403 bits per heavy atom. The molecule has 0 bridgehead atoms. The van der Waals surface area contributed by atoms with E-state index in [4.69, 9.17) is 4.74 Å². The number of hydrogen-bond acceptors (Lipinski definition) is 2. The van der Waals surface area contributed by atoms with Crippen molar-refractivity contribution in [2.75, 3.05) is 4.90 Å². The molecule has 0 radical (unpaired) electrons. The summed E-state index contributed by atoms with van der Waals surface area (Å²) in [4.78, 5) is 2.44. The first-order chi connectivity index (χ1) is 33.0. The van der Waals surface area contributed by atoms with Crippen LogP contribution >= 0.6 is 0 Å². The van der Waals surface area contributed by atoms with Gasteiger partial charge in [0.2, 0.25) is 0 Å². The van der Waals surface area contributed by atoms with E-state index < -0.39 is 5.41 Å². The standard InChI is InChI=1S/C64H44N2O/c1-63(2)52-25-11-6-21-46(52)49-37-36-44(40-57(49)63)65(58-29-15-9-20-45(58)41-18-4-3-5-19-41)42-32-34-43(35-33-42)66-59-30-16-10-24-50(59)51-38-39-56-62(61(51)66)67-60-31-17-14-28-55(60)64(56)53-26-12-7-22-47(53)48-23-8-13-27-54(48)64/h3-40H,1-2H3. The molecule has 0 saturated heterocycles. The SMILES string of the molecule is CC1(C)c2ccccc2-c2ccc(N(c3ccc(-n4c5ccccc5c5ccc6c(c54)Oc4ccccc4C64c5ccccc5-c5ccccc54)cc3)c3ccccc3-c3ccccc3)cc21. The molecule has 1 aliphatic heterocycles. The number of aromatic nitrogens is 1. The van der Waals surface area contributed by atoms with Crippen LogP contribution in [0.4, 0.5) is 17.1 Å². The molecular weight excluding hydrogens is 813 g/mol. The predicted molar refractivity (Wildman–Crippen MR) is 276 cm³/mol. The summed E-state index contributed by atoms with van der Waals surface area (Å²) >= 11 is 0. The zero-order chi connectivity index (χ0) is 44.4. The molecule has 0 N–H and O–H groups in total. The van der Waals surface area contributed by atoms with Crippen molar-refractivity contribution < 1.29 is 4.74 Å². The van der Waals surface area contributed by atoms with Crippen LogP contribution in [0.3, 0.4) is 0 Å². The highest BCUT2D eigenvalue weighted by Gasteiger charge is 2.51. The highest BCUT2D eigenvalue weighted by atomic mass is 16.5. The molecule has 2 aliphatic carbocycles. The molecule has 3 nitrogen and oxygen atoms in total. The van der Waals surface area contributed by atoms with Gasteiger partial charge in [0, 0.05) is 49.9 Å². The maximum absolute atomic E-state index is 7.28. The molecule has 316 valence electrons. The average Bonchev–Trinajstić information content (AvgIpc) is 3.96. The van der Waals surface area contributed by atoms with Crippen molar-refractivity contribution in [1.29, 1.82) is 0 Å². The maximum atomic E-state index is 7.28. The molecule has 2 heterocycles. The predicted octanol–water partition coefficient (Wildman–Crippen LogP) is 16.7. The molecule has 3 aliphatic rings. The third kappa shape index (κ3) is 5.17. The fourth-order valence-corrected chi connectivity index (χ4v) is 12.2. The first-order valence-electron chi connectivity index (χ1n) is 23.3. The third-order valence-electron chi connectivity index (χ3n) is 15.1. The highest BCUT2D eigenvalue weighted by Crippen LogP contribution is 2.63. The van der Waals surface area contributed by atoms with E-state index in [1.165, 1.54) is 66.6 Å². The first kappa shape index (κ1) is 37.9. The van der Waals surface area contributed by atoms with Crippen molar-refractivity contribution in [3.05, 3.63) is 264 Å². The summed E-state index contributed by atoms with van der Waals surface area (Å²) < 4.78 is 9.71. The van der Waals surface area contributed by atoms with E-state index in [1.54, 1.807) is 0 Å². The summed E-state index contributed by atoms with van der Waals surface area (Å²) in [6, 6.07) is 84.7. The molecule has 10 aromatic carbocycles. The molecule has 11 aromatic rings. The van der Waals surface area contributed by atoms with Crippen LogP contribution in [0, 0.1) is 0 Å². The van der Waals surface area contributed by atoms with E-state index in [1.807, 2.05) is 0 Å². The van der Waals surface area contributed by atoms with Crippen molar-refractivity contribution in [1.82, 2.24) is 4.57 Å². The lowest BCUT2D eigenvalue weighted by atomic mass is 9.66. The maximum Gasteiger partial charge on any atom is 0.156 e. The number of fused-ring (bicyclic) bond motifs is 16. The minimum Gasteiger partial charge on any atom is -0.454 e. The zero-order valence-electron chi connectivity index (χ0n) is 37.2. The van der Waals surface area contributed by atoms with Crippen LogP contribution in [0.2, 0.25) is 0 Å². The molecule has 67 heavy (non-hydrogen) atoms. The lowest BCUT2D eigenvalue weighted by molar-refractivity contribution is 0.440. The number of anilines is 3. The minimum atomic E-state index is -0.560. The van der Waals surface area contributed by atoms with E-state index in [0.717, 1.165) is 56.2 Å². The number of rotatable bonds is 5. The molecule has 1 spiro atoms. The van der Waals surface area contributed by atoms with Gasteiger partial charge in [0.25, 0.3) is 0 Å². The lowest BCUT2D eigenvalue weighted by Crippen LogP contribution is -2.32. The fraction of sp³-hybridized carbons (Fsp3) is 0.0625. The van der Waals surface area contributed by atoms with Gasteiger partial charge in [-0.1, -0.05) is 190 Å². The Morgan fingerprint density at radius 2 is 0.970 bits per heavy atom. The summed E-state index contributed by atoms with van der Waals surface area (Å²) in [5.41, 5.74) is 21.0. The van der Waals surface area contributed by atoms with E-state index >= 15 is 0 Å². The van der Waals surface area contributed by atoms with Gasteiger partial charge in [-0.3, -0.25) is 0 Å². The van der Waals surface area contributed by atoms with Gasteiger partial charge in [-0.05, 0) is 105 Å². The Morgan fingerprint density at radius 3 is 1.72 bits per heavy atom. The zero-order valence-corrected chi connectivity index (χ0v) is 37.2. The highest BCUT2D eigenvalue weighted by molar-refractivity contribution is 6.12. The van der Waals surface area contributed by atoms with Gasteiger partial charge in [0.05, 0.1) is 22.1 Å². The van der Waals surface area contributed by atoms with Crippen molar-refractivity contribution in [2.45, 2.75) is 24.7 Å². The van der Waals surface area contributed by atoms with E-state index in [2.05, 4.69) is 254 Å². The van der Waals surface area contributed by atoms with Crippen LogP contribution in [0.25, 0.3) is 60.9 Å². The Labute approximate surface area is 390 Å². The summed E-state index contributed by atoms with van der Waals surface area (Å²) in [6.07, 6.45) is 0. The van der Waals surface area contributed by atoms with Crippen LogP contribution in [0.5, 0.6) is 11.5 Å². The Bertz CT molecular complexity index is 3770. The summed E-state index contributed by atoms with van der Waals surface area (Å²) in [5, 5.41) is 2.35. The molecule has 0 saturated carbocycles. The molecular formula is C64H44N2O. The van der Waals surface area contributed by atoms with Crippen molar-refractivity contribution >= 4 is 38.9 Å². The van der Waals surface area contributed by atoms with Crippen LogP contribution < -0.4 is 9.64 Å². The smallest absolute Gasteiger partial charge is 0.156 e. The number of benzene rings is 10. The number of para-hydroxylation sites is 3. The Hall–Kier alpha value is -8.40. The molecule has 0 fully saturated rings. The average molecular weight is 857 g/mol. The molecule has 0 unspecified atom stereocenters. The molecule has 0 amide bonds. The summed E-state index contributed by atoms with van der Waals surface area (Å²) in [6.45, 7) is 4.72. The van der Waals surface area contributed by atoms with Crippen LogP contribution in [0.15, 0.2) is 231 Å². The van der Waals surface area contributed by atoms with Gasteiger partial charge < -0.3 is 14.2 Å². The van der Waals surface area contributed by atoms with Crippen molar-refractivity contribution in [3.63, 3.8) is 0 Å². The van der Waals surface area contributed by atoms with Crippen LogP contribution in [0.1, 0.15) is 47.2 Å². The number of hydrogen-bond donors (Lipinski definition) is 0. The van der Waals surface area contributed by atoms with Crippen LogP contribution in [-0.2, 0) is 10.8 Å². The molecule has 0 atom stereocenters. The number of nitrogens with zero attached hydrogens (tertiary/aromatic N) is 2. The number of ether oxygens (including phenoxy) is 1. The second-order valence-electron chi connectivity index (χ2n) is 18.8. The third-order valence-corrected chi connectivity index (χ3v) is 15.1. The Kier molecular flexibility index (Phi) is 7.95. The first-order valence-corrected chi connectivity index (χ1v) is 23.3. The molecule has 1 aromatic heterocycles. The van der Waals surface area contributed by atoms with Gasteiger partial charge in [0.1, 0.15) is 5.75 Å².